The largest absolute Gasteiger partial charge is 0.495 e. The molecule has 0 radical (unpaired) electrons. The second kappa shape index (κ2) is 13.0. The Hall–Kier alpha value is -3.83. The molecule has 0 aliphatic carbocycles. The van der Waals surface area contributed by atoms with Crippen molar-refractivity contribution in [2.75, 3.05) is 49.5 Å². The van der Waals surface area contributed by atoms with Crippen LogP contribution in [0.15, 0.2) is 55.3 Å². The molecule has 0 unspecified atom stereocenters. The van der Waals surface area contributed by atoms with E-state index in [0.717, 1.165) is 25.9 Å². The smallest absolute Gasteiger partial charge is 0.247 e. The number of carbonyl (C=O) groups excluding carboxylic acids is 1. The fourth-order valence-corrected chi connectivity index (χ4v) is 5.92. The van der Waals surface area contributed by atoms with Gasteiger partial charge in [0.1, 0.15) is 17.9 Å². The van der Waals surface area contributed by atoms with Crippen LogP contribution in [0.1, 0.15) is 32.3 Å². The number of aromatic nitrogens is 2. The van der Waals surface area contributed by atoms with Crippen LogP contribution in [0.25, 0.3) is 0 Å². The lowest BCUT2D eigenvalue weighted by atomic mass is 10.0. The maximum atomic E-state index is 12.8. The quantitative estimate of drug-likeness (QED) is 0.150. The monoisotopic (exact) mass is 606 g/mol. The summed E-state index contributed by atoms with van der Waals surface area (Å²) in [6, 6.07) is 10.8. The third kappa shape index (κ3) is 7.51. The molecule has 1 aliphatic heterocycles. The van der Waals surface area contributed by atoms with Crippen LogP contribution in [-0.4, -0.2) is 59.8 Å². The van der Waals surface area contributed by atoms with Crippen LogP contribution >= 0.6 is 18.7 Å². The fourth-order valence-electron chi connectivity index (χ4n) is 4.62. The van der Waals surface area contributed by atoms with Crippen molar-refractivity contribution < 1.29 is 14.1 Å². The molecule has 1 fully saturated rings. The lowest BCUT2D eigenvalue weighted by Gasteiger charge is -2.30. The summed E-state index contributed by atoms with van der Waals surface area (Å²) in [6.45, 7) is 13.2. The second-order valence-corrected chi connectivity index (χ2v) is 14.4. The number of hydrogen-bond donors (Lipinski definition) is 3. The van der Waals surface area contributed by atoms with E-state index in [-0.39, 0.29) is 22.4 Å². The number of carbonyl (C=O) groups is 1. The number of anilines is 5. The number of ether oxygens (including phenoxy) is 1. The second-order valence-electron chi connectivity index (χ2n) is 10.8. The molecule has 0 saturated carbocycles. The molecule has 3 N–H and O–H groups in total. The molecule has 1 aromatic heterocycles. The minimum atomic E-state index is -2.57. The molecule has 1 amide bonds. The summed E-state index contributed by atoms with van der Waals surface area (Å²) in [7, 11) is -1.02. The summed E-state index contributed by atoms with van der Waals surface area (Å²) in [5.41, 5.74) is 1.89. The van der Waals surface area contributed by atoms with Gasteiger partial charge in [0.25, 0.3) is 0 Å². The van der Waals surface area contributed by atoms with Crippen molar-refractivity contribution in [3.8, 4) is 17.6 Å². The Kier molecular flexibility index (Phi) is 9.63. The van der Waals surface area contributed by atoms with Gasteiger partial charge in [-0.2, -0.15) is 4.98 Å². The maximum absolute atomic E-state index is 12.8. The maximum Gasteiger partial charge on any atom is 0.247 e. The van der Waals surface area contributed by atoms with E-state index in [2.05, 4.69) is 63.1 Å². The summed E-state index contributed by atoms with van der Waals surface area (Å²) in [5, 5.41) is 10.2. The van der Waals surface area contributed by atoms with Gasteiger partial charge in [0, 0.05) is 11.4 Å². The summed E-state index contributed by atoms with van der Waals surface area (Å²) in [4.78, 5) is 23.6. The average Bonchev–Trinajstić information content (AvgIpc) is 3.50. The van der Waals surface area contributed by atoms with E-state index in [1.165, 1.54) is 12.3 Å². The Labute approximate surface area is 252 Å². The Morgan fingerprint density at radius 2 is 1.86 bits per heavy atom. The number of rotatable bonds is 9. The SMILES string of the molecule is C=CC(=O)Nc1cc(Nc2ncc(Cl)c(Nc3ccccc3P(C)(C)=O)n2)c(OC)cc1C#CC(C)(C)N1CCCC1. The Balaban J connectivity index is 1.69. The first-order valence-corrected chi connectivity index (χ1v) is 16.5. The standard InChI is InChI=1S/C31H36ClN6O3P/c1-7-28(39)34-24-19-25(26(41-4)18-21(24)14-15-31(2,3)38-16-10-11-17-38)36-30-33-20-22(32)29(37-30)35-23-12-8-9-13-27(23)42(5,6)40/h7-9,12-13,18-20H,1,10-11,16-17H2,2-6H3,(H,34,39)(H2,33,35,36,37). The van der Waals surface area contributed by atoms with Crippen LogP contribution in [0.5, 0.6) is 5.75 Å². The van der Waals surface area contributed by atoms with Crippen molar-refractivity contribution in [3.05, 3.63) is 65.8 Å². The first-order chi connectivity index (χ1) is 19.9. The van der Waals surface area contributed by atoms with Gasteiger partial charge in [-0.15, -0.1) is 0 Å². The van der Waals surface area contributed by atoms with Gasteiger partial charge in [-0.3, -0.25) is 9.69 Å². The third-order valence-corrected chi connectivity index (χ3v) is 8.74. The topological polar surface area (TPSA) is 108 Å². The summed E-state index contributed by atoms with van der Waals surface area (Å²) < 4.78 is 18.5. The average molecular weight is 607 g/mol. The van der Waals surface area contributed by atoms with Crippen LogP contribution in [0.2, 0.25) is 5.02 Å². The molecule has 9 nitrogen and oxygen atoms in total. The number of amides is 1. The minimum absolute atomic E-state index is 0.226. The fraction of sp³-hybridized carbons (Fsp3) is 0.323. The van der Waals surface area contributed by atoms with E-state index < -0.39 is 7.14 Å². The lowest BCUT2D eigenvalue weighted by Crippen LogP contribution is -2.40. The number of likely N-dealkylation sites (tertiary alicyclic amines) is 1. The van der Waals surface area contributed by atoms with Gasteiger partial charge < -0.3 is 25.3 Å². The highest BCUT2D eigenvalue weighted by Gasteiger charge is 2.27. The first kappa shape index (κ1) is 31.1. The van der Waals surface area contributed by atoms with Crippen LogP contribution in [-0.2, 0) is 9.36 Å². The predicted octanol–water partition coefficient (Wildman–Crippen LogP) is 6.22. The lowest BCUT2D eigenvalue weighted by molar-refractivity contribution is -0.111. The molecule has 0 bridgehead atoms. The van der Waals surface area contributed by atoms with Crippen molar-refractivity contribution in [1.29, 1.82) is 0 Å². The molecule has 0 spiro atoms. The number of hydrogen-bond acceptors (Lipinski definition) is 8. The first-order valence-electron chi connectivity index (χ1n) is 13.6. The van der Waals surface area contributed by atoms with Crippen LogP contribution in [0.3, 0.4) is 0 Å². The van der Waals surface area contributed by atoms with Gasteiger partial charge >= 0.3 is 0 Å². The Morgan fingerprint density at radius 3 is 2.52 bits per heavy atom. The van der Waals surface area contributed by atoms with Crippen molar-refractivity contribution in [1.82, 2.24) is 14.9 Å². The number of nitrogens with one attached hydrogen (secondary N) is 3. The van der Waals surface area contributed by atoms with Crippen molar-refractivity contribution >= 4 is 58.8 Å². The molecular formula is C31H36ClN6O3P. The van der Waals surface area contributed by atoms with Gasteiger partial charge in [-0.1, -0.05) is 42.2 Å². The molecule has 11 heteroatoms. The van der Waals surface area contributed by atoms with Gasteiger partial charge in [-0.05, 0) is 77.4 Å². The highest BCUT2D eigenvalue weighted by atomic mass is 35.5. The van der Waals surface area contributed by atoms with E-state index in [4.69, 9.17) is 16.3 Å². The van der Waals surface area contributed by atoms with Gasteiger partial charge in [0.15, 0.2) is 5.82 Å². The highest BCUT2D eigenvalue weighted by molar-refractivity contribution is 7.70. The van der Waals surface area contributed by atoms with Crippen molar-refractivity contribution in [3.63, 3.8) is 0 Å². The predicted molar refractivity (Wildman–Crippen MR) is 173 cm³/mol. The molecule has 220 valence electrons. The van der Waals surface area contributed by atoms with Crippen molar-refractivity contribution in [2.24, 2.45) is 0 Å². The molecule has 42 heavy (non-hydrogen) atoms. The molecular weight excluding hydrogens is 571 g/mol. The van der Waals surface area contributed by atoms with E-state index in [9.17, 15) is 9.36 Å². The van der Waals surface area contributed by atoms with Gasteiger partial charge in [0.05, 0.1) is 41.5 Å². The summed E-state index contributed by atoms with van der Waals surface area (Å²) in [5.74, 6) is 7.30. The van der Waals surface area contributed by atoms with E-state index in [1.54, 1.807) is 32.6 Å². The van der Waals surface area contributed by atoms with E-state index >= 15 is 0 Å². The van der Waals surface area contributed by atoms with E-state index in [0.29, 0.717) is 39.5 Å². The molecule has 1 saturated heterocycles. The van der Waals surface area contributed by atoms with E-state index in [1.807, 2.05) is 24.3 Å². The molecule has 2 heterocycles. The molecule has 0 atom stereocenters. The third-order valence-electron chi connectivity index (χ3n) is 6.91. The van der Waals surface area contributed by atoms with Crippen molar-refractivity contribution in [2.45, 2.75) is 32.2 Å². The van der Waals surface area contributed by atoms with Crippen LogP contribution in [0, 0.1) is 11.8 Å². The van der Waals surface area contributed by atoms with Gasteiger partial charge in [0.2, 0.25) is 11.9 Å². The zero-order chi connectivity index (χ0) is 30.5. The number of nitrogens with zero attached hydrogens (tertiary/aromatic N) is 3. The zero-order valence-corrected chi connectivity index (χ0v) is 26.2. The Bertz CT molecular complexity index is 1600. The molecule has 3 aromatic rings. The number of para-hydroxylation sites is 1. The number of methoxy groups -OCH3 is 1. The molecule has 2 aromatic carbocycles. The normalized spacial score (nSPS) is 13.6. The molecule has 4 rings (SSSR count). The Morgan fingerprint density at radius 1 is 1.14 bits per heavy atom. The zero-order valence-electron chi connectivity index (χ0n) is 24.5. The number of halogens is 1. The summed E-state index contributed by atoms with van der Waals surface area (Å²) >= 11 is 6.43. The van der Waals surface area contributed by atoms with Crippen LogP contribution in [0.4, 0.5) is 28.8 Å². The molecule has 1 aliphatic rings. The van der Waals surface area contributed by atoms with Crippen LogP contribution < -0.4 is 26.0 Å². The minimum Gasteiger partial charge on any atom is -0.495 e. The number of benzene rings is 2. The summed E-state index contributed by atoms with van der Waals surface area (Å²) in [6.07, 6.45) is 4.99. The highest BCUT2D eigenvalue weighted by Crippen LogP contribution is 2.39. The van der Waals surface area contributed by atoms with Gasteiger partial charge in [-0.25, -0.2) is 4.98 Å².